The molecule has 2 N–H and O–H groups in total. The average Bonchev–Trinajstić information content (AvgIpc) is 2.86. The van der Waals surface area contributed by atoms with Gasteiger partial charge in [0.05, 0.1) is 6.04 Å². The van der Waals surface area contributed by atoms with Crippen molar-refractivity contribution in [2.75, 3.05) is 0 Å². The molecule has 2 rings (SSSR count). The fraction of sp³-hybridized carbons (Fsp3) is 0.500. The topological polar surface area (TPSA) is 51.8 Å². The molecule has 0 bridgehead atoms. The van der Waals surface area contributed by atoms with Gasteiger partial charge in [-0.25, -0.2) is 0 Å². The largest absolute Gasteiger partial charge is 0.318 e. The summed E-state index contributed by atoms with van der Waals surface area (Å²) in [6, 6.07) is 9.88. The van der Waals surface area contributed by atoms with Gasteiger partial charge in [-0.05, 0) is 16.9 Å². The van der Waals surface area contributed by atoms with Gasteiger partial charge in [-0.15, -0.1) is 10.2 Å². The first kappa shape index (κ1) is 15.1. The van der Waals surface area contributed by atoms with Crippen LogP contribution in [0.2, 0.25) is 0 Å². The molecule has 1 aromatic carbocycles. The van der Waals surface area contributed by atoms with E-state index in [9.17, 15) is 0 Å². The molecule has 0 radical (unpaired) electrons. The Balaban J connectivity index is 2.10. The Bertz CT molecular complexity index is 542. The van der Waals surface area contributed by atoms with Gasteiger partial charge in [0.1, 0.15) is 10.0 Å². The maximum atomic E-state index is 6.25. The third-order valence-electron chi connectivity index (χ3n) is 3.87. The number of aromatic nitrogens is 2. The zero-order valence-corrected chi connectivity index (χ0v) is 13.4. The van der Waals surface area contributed by atoms with Crippen LogP contribution in [0.5, 0.6) is 0 Å². The maximum Gasteiger partial charge on any atom is 0.138 e. The van der Waals surface area contributed by atoms with Gasteiger partial charge in [0.25, 0.3) is 0 Å². The van der Waals surface area contributed by atoms with Gasteiger partial charge in [0.15, 0.2) is 0 Å². The summed E-state index contributed by atoms with van der Waals surface area (Å²) in [5.74, 6) is 0.566. The van der Waals surface area contributed by atoms with Crippen LogP contribution >= 0.6 is 11.3 Å². The molecular weight excluding hydrogens is 266 g/mol. The molecule has 1 aromatic heterocycles. The van der Waals surface area contributed by atoms with E-state index in [0.29, 0.717) is 5.92 Å². The van der Waals surface area contributed by atoms with Crippen molar-refractivity contribution in [3.05, 3.63) is 45.9 Å². The number of hydrogen-bond acceptors (Lipinski definition) is 4. The van der Waals surface area contributed by atoms with Gasteiger partial charge < -0.3 is 5.73 Å². The van der Waals surface area contributed by atoms with Gasteiger partial charge in [0, 0.05) is 6.42 Å². The van der Waals surface area contributed by atoms with Crippen LogP contribution in [-0.4, -0.2) is 10.2 Å². The smallest absolute Gasteiger partial charge is 0.138 e. The molecule has 2 atom stereocenters. The first-order valence-electron chi connectivity index (χ1n) is 7.00. The summed E-state index contributed by atoms with van der Waals surface area (Å²) in [6.45, 7) is 9.04. The van der Waals surface area contributed by atoms with Crippen LogP contribution in [0.15, 0.2) is 30.3 Å². The maximum absolute atomic E-state index is 6.25. The number of nitrogens with zero attached hydrogens (tertiary/aromatic N) is 2. The van der Waals surface area contributed by atoms with Gasteiger partial charge in [-0.1, -0.05) is 69.4 Å². The van der Waals surface area contributed by atoms with Crippen molar-refractivity contribution in [2.45, 2.75) is 40.2 Å². The Morgan fingerprint density at radius 3 is 2.40 bits per heavy atom. The molecule has 108 valence electrons. The lowest BCUT2D eigenvalue weighted by Crippen LogP contribution is -2.19. The highest BCUT2D eigenvalue weighted by molar-refractivity contribution is 7.11. The number of rotatable bonds is 4. The summed E-state index contributed by atoms with van der Waals surface area (Å²) in [7, 11) is 0. The molecule has 2 unspecified atom stereocenters. The van der Waals surface area contributed by atoms with Gasteiger partial charge in [-0.2, -0.15) is 0 Å². The van der Waals surface area contributed by atoms with E-state index in [-0.39, 0.29) is 11.5 Å². The third kappa shape index (κ3) is 3.64. The van der Waals surface area contributed by atoms with Crippen LogP contribution in [0.4, 0.5) is 0 Å². The average molecular weight is 289 g/mol. The summed E-state index contributed by atoms with van der Waals surface area (Å²) in [5.41, 5.74) is 7.62. The van der Waals surface area contributed by atoms with Crippen LogP contribution in [0.1, 0.15) is 49.3 Å². The standard InChI is InChI=1S/C16H23N3S/c1-11(16(2,3)4)10-13-18-19-15(20-13)14(17)12-8-6-5-7-9-12/h5-9,11,14H,10,17H2,1-4H3. The van der Waals surface area contributed by atoms with Crippen LogP contribution in [0.3, 0.4) is 0 Å². The van der Waals surface area contributed by atoms with Crippen LogP contribution < -0.4 is 5.73 Å². The predicted octanol–water partition coefficient (Wildman–Crippen LogP) is 3.81. The highest BCUT2D eigenvalue weighted by Crippen LogP contribution is 2.30. The molecule has 0 fully saturated rings. The molecule has 0 saturated heterocycles. The Hall–Kier alpha value is -1.26. The summed E-state index contributed by atoms with van der Waals surface area (Å²) < 4.78 is 0. The Morgan fingerprint density at radius 2 is 1.80 bits per heavy atom. The lowest BCUT2D eigenvalue weighted by molar-refractivity contribution is 0.259. The first-order chi connectivity index (χ1) is 9.38. The normalized spacial score (nSPS) is 15.1. The van der Waals surface area contributed by atoms with Crippen molar-refractivity contribution in [3.63, 3.8) is 0 Å². The van der Waals surface area contributed by atoms with E-state index in [2.05, 4.69) is 37.9 Å². The molecule has 0 spiro atoms. The highest BCUT2D eigenvalue weighted by Gasteiger charge is 2.22. The zero-order valence-electron chi connectivity index (χ0n) is 12.6. The van der Waals surface area contributed by atoms with Gasteiger partial charge in [-0.3, -0.25) is 0 Å². The summed E-state index contributed by atoms with van der Waals surface area (Å²) in [5, 5.41) is 10.5. The second-order valence-electron chi connectivity index (χ2n) is 6.39. The Morgan fingerprint density at radius 1 is 1.15 bits per heavy atom. The van der Waals surface area contributed by atoms with Crippen molar-refractivity contribution in [2.24, 2.45) is 17.1 Å². The van der Waals surface area contributed by atoms with E-state index >= 15 is 0 Å². The molecule has 2 aromatic rings. The molecule has 3 nitrogen and oxygen atoms in total. The second-order valence-corrected chi connectivity index (χ2v) is 7.49. The van der Waals surface area contributed by atoms with Crippen LogP contribution in [0, 0.1) is 11.3 Å². The lowest BCUT2D eigenvalue weighted by atomic mass is 9.80. The monoisotopic (exact) mass is 289 g/mol. The molecule has 4 heteroatoms. The molecular formula is C16H23N3S. The van der Waals surface area contributed by atoms with E-state index in [0.717, 1.165) is 22.0 Å². The van der Waals surface area contributed by atoms with E-state index < -0.39 is 0 Å². The zero-order chi connectivity index (χ0) is 14.8. The number of hydrogen-bond donors (Lipinski definition) is 1. The second kappa shape index (κ2) is 6.02. The Kier molecular flexibility index (Phi) is 4.55. The van der Waals surface area contributed by atoms with E-state index in [1.165, 1.54) is 0 Å². The first-order valence-corrected chi connectivity index (χ1v) is 7.82. The van der Waals surface area contributed by atoms with E-state index in [1.807, 2.05) is 30.3 Å². The SMILES string of the molecule is CC(Cc1nnc(C(N)c2ccccc2)s1)C(C)(C)C. The molecule has 0 aliphatic carbocycles. The van der Waals surface area contributed by atoms with E-state index in [1.54, 1.807) is 11.3 Å². The summed E-state index contributed by atoms with van der Waals surface area (Å²) in [4.78, 5) is 0. The fourth-order valence-electron chi connectivity index (χ4n) is 1.85. The minimum Gasteiger partial charge on any atom is -0.318 e. The minimum atomic E-state index is -0.174. The lowest BCUT2D eigenvalue weighted by Gasteiger charge is -2.26. The summed E-state index contributed by atoms with van der Waals surface area (Å²) in [6.07, 6.45) is 0.961. The van der Waals surface area contributed by atoms with Crippen molar-refractivity contribution < 1.29 is 0 Å². The molecule has 0 amide bonds. The number of nitrogens with two attached hydrogens (primary N) is 1. The fourth-order valence-corrected chi connectivity index (χ4v) is 2.85. The molecule has 0 aliphatic rings. The third-order valence-corrected chi connectivity index (χ3v) is 4.90. The van der Waals surface area contributed by atoms with E-state index in [4.69, 9.17) is 5.73 Å². The molecule has 0 saturated carbocycles. The Labute approximate surface area is 125 Å². The summed E-state index contributed by atoms with van der Waals surface area (Å²) >= 11 is 1.63. The van der Waals surface area contributed by atoms with Crippen molar-refractivity contribution in [1.29, 1.82) is 0 Å². The van der Waals surface area contributed by atoms with Crippen molar-refractivity contribution in [1.82, 2.24) is 10.2 Å². The molecule has 0 aliphatic heterocycles. The minimum absolute atomic E-state index is 0.174. The van der Waals surface area contributed by atoms with Crippen molar-refractivity contribution in [3.8, 4) is 0 Å². The predicted molar refractivity (Wildman–Crippen MR) is 84.7 cm³/mol. The van der Waals surface area contributed by atoms with Crippen LogP contribution in [-0.2, 0) is 6.42 Å². The molecule has 20 heavy (non-hydrogen) atoms. The van der Waals surface area contributed by atoms with Gasteiger partial charge >= 0.3 is 0 Å². The van der Waals surface area contributed by atoms with Crippen LogP contribution in [0.25, 0.3) is 0 Å². The highest BCUT2D eigenvalue weighted by atomic mass is 32.1. The van der Waals surface area contributed by atoms with Gasteiger partial charge in [0.2, 0.25) is 0 Å². The molecule has 1 heterocycles. The quantitative estimate of drug-likeness (QED) is 0.931. The van der Waals surface area contributed by atoms with Crippen molar-refractivity contribution >= 4 is 11.3 Å². The number of benzene rings is 1.